The third-order valence-electron chi connectivity index (χ3n) is 4.28. The van der Waals surface area contributed by atoms with Gasteiger partial charge in [0.2, 0.25) is 0 Å². The lowest BCUT2D eigenvalue weighted by Crippen LogP contribution is -2.20. The summed E-state index contributed by atoms with van der Waals surface area (Å²) in [5.41, 5.74) is 1.19. The number of carbonyl (C=O) groups excluding carboxylic acids is 1. The SMILES string of the molecule is COC(=O)N=C(SC)C(=Nc1ccc(C#N)cc1)c1cc(OC)c2c(c1F)COCO2. The molecule has 0 aliphatic carbocycles. The number of carbonyl (C=O) groups is 1. The molecule has 0 N–H and O–H groups in total. The van der Waals surface area contributed by atoms with Crippen molar-refractivity contribution in [3.8, 4) is 17.6 Å². The third-order valence-corrected chi connectivity index (χ3v) is 4.95. The Morgan fingerprint density at radius 3 is 2.65 bits per heavy atom. The van der Waals surface area contributed by atoms with Crippen LogP contribution in [0.4, 0.5) is 14.9 Å². The molecule has 0 saturated heterocycles. The van der Waals surface area contributed by atoms with Crippen molar-refractivity contribution in [3.63, 3.8) is 0 Å². The fourth-order valence-corrected chi connectivity index (χ4v) is 3.33. The predicted molar refractivity (Wildman–Crippen MR) is 114 cm³/mol. The van der Waals surface area contributed by atoms with E-state index in [0.29, 0.717) is 17.0 Å². The maximum absolute atomic E-state index is 15.5. The number of amides is 1. The minimum atomic E-state index is -0.853. The average molecular weight is 443 g/mol. The van der Waals surface area contributed by atoms with Crippen LogP contribution >= 0.6 is 11.8 Å². The summed E-state index contributed by atoms with van der Waals surface area (Å²) in [4.78, 5) is 20.2. The molecule has 2 aromatic rings. The Kier molecular flexibility index (Phi) is 7.23. The number of nitriles is 1. The van der Waals surface area contributed by atoms with E-state index < -0.39 is 11.9 Å². The van der Waals surface area contributed by atoms with Crippen LogP contribution in [0.2, 0.25) is 0 Å². The molecule has 3 rings (SSSR count). The number of rotatable bonds is 4. The van der Waals surface area contributed by atoms with Gasteiger partial charge in [-0.25, -0.2) is 14.2 Å². The standard InChI is InChI=1S/C21H18FN3O5S/c1-27-16-8-14(17(22)15-10-29-11-30-19(15)16)18(20(31-3)25-21(26)28-2)24-13-6-4-12(9-23)5-7-13/h4-8H,10-11H2,1-3H3. The highest BCUT2D eigenvalue weighted by Crippen LogP contribution is 2.38. The zero-order chi connectivity index (χ0) is 22.4. The fraction of sp³-hybridized carbons (Fsp3) is 0.238. The average Bonchev–Trinajstić information content (AvgIpc) is 2.82. The summed E-state index contributed by atoms with van der Waals surface area (Å²) >= 11 is 1.10. The summed E-state index contributed by atoms with van der Waals surface area (Å²) in [7, 11) is 2.63. The molecule has 0 saturated carbocycles. The number of hydrogen-bond acceptors (Lipinski definition) is 8. The summed E-state index contributed by atoms with van der Waals surface area (Å²) in [5.74, 6) is -0.0846. The lowest BCUT2D eigenvalue weighted by molar-refractivity contribution is -0.0199. The number of halogens is 1. The Bertz CT molecular complexity index is 1090. The summed E-state index contributed by atoms with van der Waals surface area (Å²) in [6.45, 7) is -0.0353. The summed E-state index contributed by atoms with van der Waals surface area (Å²) in [5, 5.41) is 9.13. The van der Waals surface area contributed by atoms with Crippen molar-refractivity contribution < 1.29 is 28.1 Å². The van der Waals surface area contributed by atoms with Gasteiger partial charge in [0.25, 0.3) is 0 Å². The van der Waals surface area contributed by atoms with E-state index in [4.69, 9.17) is 19.5 Å². The molecule has 0 radical (unpaired) electrons. The molecule has 0 spiro atoms. The third kappa shape index (κ3) is 4.84. The fourth-order valence-electron chi connectivity index (χ4n) is 2.81. The smallest absolute Gasteiger partial charge is 0.434 e. The van der Waals surface area contributed by atoms with E-state index in [1.807, 2.05) is 6.07 Å². The van der Waals surface area contributed by atoms with E-state index in [1.165, 1.54) is 20.3 Å². The lowest BCUT2D eigenvalue weighted by atomic mass is 10.0. The van der Waals surface area contributed by atoms with Crippen molar-refractivity contribution in [2.75, 3.05) is 27.3 Å². The van der Waals surface area contributed by atoms with Gasteiger partial charge in [0.15, 0.2) is 18.3 Å². The van der Waals surface area contributed by atoms with Crippen molar-refractivity contribution in [1.82, 2.24) is 0 Å². The minimum Gasteiger partial charge on any atom is -0.493 e. The number of fused-ring (bicyclic) bond motifs is 1. The second-order valence-electron chi connectivity index (χ2n) is 6.07. The van der Waals surface area contributed by atoms with Gasteiger partial charge >= 0.3 is 6.09 Å². The Balaban J connectivity index is 2.25. The Labute approximate surface area is 182 Å². The number of benzene rings is 2. The van der Waals surface area contributed by atoms with Crippen molar-refractivity contribution in [3.05, 3.63) is 52.8 Å². The van der Waals surface area contributed by atoms with E-state index in [0.717, 1.165) is 11.8 Å². The van der Waals surface area contributed by atoms with Gasteiger partial charge in [-0.05, 0) is 36.6 Å². The van der Waals surface area contributed by atoms with E-state index in [2.05, 4.69) is 14.7 Å². The van der Waals surface area contributed by atoms with Gasteiger partial charge in [0.05, 0.1) is 43.7 Å². The number of ether oxygens (including phenoxy) is 4. The first-order chi connectivity index (χ1) is 15.0. The molecule has 0 atom stereocenters. The van der Waals surface area contributed by atoms with E-state index in [1.54, 1.807) is 30.5 Å². The minimum absolute atomic E-state index is 0.0156. The van der Waals surface area contributed by atoms with Crippen LogP contribution in [-0.4, -0.2) is 44.1 Å². The van der Waals surface area contributed by atoms with Crippen LogP contribution in [0.5, 0.6) is 11.5 Å². The summed E-state index contributed by atoms with van der Waals surface area (Å²) in [6.07, 6.45) is 0.824. The van der Waals surface area contributed by atoms with Crippen LogP contribution in [0.25, 0.3) is 0 Å². The van der Waals surface area contributed by atoms with Gasteiger partial charge < -0.3 is 18.9 Å². The molecule has 0 aromatic heterocycles. The highest BCUT2D eigenvalue weighted by atomic mass is 32.2. The Morgan fingerprint density at radius 2 is 2.03 bits per heavy atom. The number of hydrogen-bond donors (Lipinski definition) is 0. The van der Waals surface area contributed by atoms with Crippen molar-refractivity contribution in [1.29, 1.82) is 5.26 Å². The molecule has 8 nitrogen and oxygen atoms in total. The number of thioether (sulfide) groups is 1. The molecule has 1 aliphatic rings. The van der Waals surface area contributed by atoms with Crippen molar-refractivity contribution in [2.24, 2.45) is 9.98 Å². The first-order valence-corrected chi connectivity index (χ1v) is 10.1. The van der Waals surface area contributed by atoms with Gasteiger partial charge in [-0.2, -0.15) is 10.3 Å². The summed E-state index contributed by atoms with van der Waals surface area (Å²) in [6, 6.07) is 9.83. The van der Waals surface area contributed by atoms with Crippen LogP contribution < -0.4 is 9.47 Å². The molecule has 160 valence electrons. The van der Waals surface area contributed by atoms with E-state index in [-0.39, 0.29) is 41.0 Å². The topological polar surface area (TPSA) is 103 Å². The molecule has 0 bridgehead atoms. The second-order valence-corrected chi connectivity index (χ2v) is 6.86. The molecule has 0 unspecified atom stereocenters. The highest BCUT2D eigenvalue weighted by molar-refractivity contribution is 8.15. The lowest BCUT2D eigenvalue weighted by Gasteiger charge is -2.22. The molecular weight excluding hydrogens is 425 g/mol. The van der Waals surface area contributed by atoms with E-state index >= 15 is 4.39 Å². The van der Waals surface area contributed by atoms with Crippen LogP contribution in [-0.2, 0) is 16.1 Å². The molecule has 0 fully saturated rings. The van der Waals surface area contributed by atoms with Gasteiger partial charge in [0.1, 0.15) is 16.6 Å². The monoisotopic (exact) mass is 443 g/mol. The zero-order valence-electron chi connectivity index (χ0n) is 17.0. The predicted octanol–water partition coefficient (Wildman–Crippen LogP) is 4.22. The molecule has 1 amide bonds. The normalized spacial score (nSPS) is 13.6. The molecule has 1 heterocycles. The number of aliphatic imine (C=N–C) groups is 2. The van der Waals surface area contributed by atoms with Gasteiger partial charge in [-0.1, -0.05) is 0 Å². The number of nitrogens with zero attached hydrogens (tertiary/aromatic N) is 3. The quantitative estimate of drug-likeness (QED) is 0.515. The first kappa shape index (κ1) is 22.3. The molecule has 2 aromatic carbocycles. The van der Waals surface area contributed by atoms with Gasteiger partial charge in [-0.15, -0.1) is 11.8 Å². The van der Waals surface area contributed by atoms with Crippen LogP contribution in [0, 0.1) is 17.1 Å². The van der Waals surface area contributed by atoms with Gasteiger partial charge in [-0.3, -0.25) is 0 Å². The maximum Gasteiger partial charge on any atom is 0.434 e. The second kappa shape index (κ2) is 10.1. The maximum atomic E-state index is 15.5. The first-order valence-electron chi connectivity index (χ1n) is 8.92. The zero-order valence-corrected chi connectivity index (χ0v) is 17.8. The van der Waals surface area contributed by atoms with E-state index in [9.17, 15) is 4.79 Å². The number of methoxy groups -OCH3 is 2. The van der Waals surface area contributed by atoms with Crippen LogP contribution in [0.3, 0.4) is 0 Å². The van der Waals surface area contributed by atoms with Gasteiger partial charge in [0, 0.05) is 5.56 Å². The van der Waals surface area contributed by atoms with Crippen molar-refractivity contribution >= 4 is 34.3 Å². The molecule has 31 heavy (non-hydrogen) atoms. The highest BCUT2D eigenvalue weighted by Gasteiger charge is 2.27. The Hall–Kier alpha value is -3.42. The van der Waals surface area contributed by atoms with Crippen molar-refractivity contribution in [2.45, 2.75) is 6.61 Å². The molecule has 1 aliphatic heterocycles. The van der Waals surface area contributed by atoms with Crippen LogP contribution in [0.15, 0.2) is 40.3 Å². The molecular formula is C21H18FN3O5S. The Morgan fingerprint density at radius 1 is 1.29 bits per heavy atom. The molecule has 10 heteroatoms. The largest absolute Gasteiger partial charge is 0.493 e. The summed E-state index contributed by atoms with van der Waals surface area (Å²) < 4.78 is 36.2. The van der Waals surface area contributed by atoms with Crippen LogP contribution in [0.1, 0.15) is 16.7 Å².